The van der Waals surface area contributed by atoms with Crippen LogP contribution in [0.4, 0.5) is 0 Å². The normalized spacial score (nSPS) is 10.2. The van der Waals surface area contributed by atoms with Crippen molar-refractivity contribution < 1.29 is 9.90 Å². The molecule has 3 nitrogen and oxygen atoms in total. The molecule has 0 spiro atoms. The molecule has 0 saturated carbocycles. The van der Waals surface area contributed by atoms with E-state index in [-0.39, 0.29) is 5.56 Å². The van der Waals surface area contributed by atoms with Crippen molar-refractivity contribution in [1.29, 1.82) is 0 Å². The van der Waals surface area contributed by atoms with Gasteiger partial charge in [-0.15, -0.1) is 0 Å². The van der Waals surface area contributed by atoms with Crippen molar-refractivity contribution in [3.63, 3.8) is 0 Å². The number of carbonyl (C=O) groups is 1. The molecule has 17 heavy (non-hydrogen) atoms. The van der Waals surface area contributed by atoms with E-state index in [2.05, 4.69) is 4.98 Å². The molecule has 4 heteroatoms. The molecular weight excluding hydrogens is 238 g/mol. The second-order valence-electron chi connectivity index (χ2n) is 3.68. The van der Waals surface area contributed by atoms with Gasteiger partial charge in [0.15, 0.2) is 0 Å². The summed E-state index contributed by atoms with van der Waals surface area (Å²) in [4.78, 5) is 15.2. The fraction of sp³-hybridized carbons (Fsp3) is 0.0769. The zero-order valence-corrected chi connectivity index (χ0v) is 9.90. The summed E-state index contributed by atoms with van der Waals surface area (Å²) in [6.07, 6.45) is 1.66. The van der Waals surface area contributed by atoms with E-state index in [1.165, 1.54) is 6.07 Å². The quantitative estimate of drug-likeness (QED) is 0.885. The minimum atomic E-state index is -0.989. The van der Waals surface area contributed by atoms with Crippen LogP contribution < -0.4 is 0 Å². The highest BCUT2D eigenvalue weighted by Gasteiger charge is 2.12. The molecule has 0 aliphatic carbocycles. The molecule has 0 fully saturated rings. The SMILES string of the molecule is Cc1cc(-c2ccc(Cl)cc2C(=O)O)ccn1. The van der Waals surface area contributed by atoms with Crippen LogP contribution in [0, 0.1) is 6.92 Å². The molecule has 1 aromatic carbocycles. The van der Waals surface area contributed by atoms with E-state index < -0.39 is 5.97 Å². The first-order chi connectivity index (χ1) is 8.08. The third-order valence-electron chi connectivity index (χ3n) is 2.42. The lowest BCUT2D eigenvalue weighted by atomic mass is 10.00. The van der Waals surface area contributed by atoms with Gasteiger partial charge in [0.05, 0.1) is 5.56 Å². The molecule has 1 aromatic heterocycles. The van der Waals surface area contributed by atoms with Gasteiger partial charge in [-0.25, -0.2) is 4.79 Å². The highest BCUT2D eigenvalue weighted by atomic mass is 35.5. The molecule has 0 unspecified atom stereocenters. The molecule has 1 heterocycles. The van der Waals surface area contributed by atoms with Crippen molar-refractivity contribution in [3.8, 4) is 11.1 Å². The molecule has 0 bridgehead atoms. The molecule has 2 aromatic rings. The fourth-order valence-electron chi connectivity index (χ4n) is 1.66. The van der Waals surface area contributed by atoms with Gasteiger partial charge in [-0.1, -0.05) is 17.7 Å². The number of benzene rings is 1. The Hall–Kier alpha value is -1.87. The number of carboxylic acids is 1. The average molecular weight is 248 g/mol. The number of hydrogen-bond donors (Lipinski definition) is 1. The van der Waals surface area contributed by atoms with E-state index in [0.717, 1.165) is 11.3 Å². The molecule has 0 radical (unpaired) electrons. The van der Waals surface area contributed by atoms with E-state index in [1.54, 1.807) is 24.4 Å². The van der Waals surface area contributed by atoms with Crippen molar-refractivity contribution in [3.05, 3.63) is 52.8 Å². The first kappa shape index (κ1) is 11.6. The third kappa shape index (κ3) is 2.45. The molecule has 0 atom stereocenters. The van der Waals surface area contributed by atoms with E-state index in [4.69, 9.17) is 16.7 Å². The van der Waals surface area contributed by atoms with Crippen LogP contribution in [-0.4, -0.2) is 16.1 Å². The summed E-state index contributed by atoms with van der Waals surface area (Å²) in [7, 11) is 0. The number of pyridine rings is 1. The van der Waals surface area contributed by atoms with Gasteiger partial charge in [-0.3, -0.25) is 4.98 Å². The Morgan fingerprint density at radius 3 is 2.71 bits per heavy atom. The average Bonchev–Trinajstić information content (AvgIpc) is 2.28. The minimum absolute atomic E-state index is 0.197. The summed E-state index contributed by atoms with van der Waals surface area (Å²) in [5.74, 6) is -0.989. The van der Waals surface area contributed by atoms with Crippen LogP contribution >= 0.6 is 11.6 Å². The van der Waals surface area contributed by atoms with Gasteiger partial charge in [0.25, 0.3) is 0 Å². The molecule has 0 amide bonds. The van der Waals surface area contributed by atoms with Crippen molar-refractivity contribution in [2.45, 2.75) is 6.92 Å². The van der Waals surface area contributed by atoms with Gasteiger partial charge >= 0.3 is 5.97 Å². The van der Waals surface area contributed by atoms with E-state index >= 15 is 0 Å². The number of carboxylic acid groups (broad SMARTS) is 1. The second kappa shape index (κ2) is 4.55. The minimum Gasteiger partial charge on any atom is -0.478 e. The van der Waals surface area contributed by atoms with Gasteiger partial charge in [-0.05, 0) is 42.3 Å². The highest BCUT2D eigenvalue weighted by Crippen LogP contribution is 2.26. The molecule has 0 aliphatic heterocycles. The summed E-state index contributed by atoms with van der Waals surface area (Å²) in [6.45, 7) is 1.86. The second-order valence-corrected chi connectivity index (χ2v) is 4.12. The Morgan fingerprint density at radius 2 is 2.06 bits per heavy atom. The van der Waals surface area contributed by atoms with Crippen LogP contribution in [-0.2, 0) is 0 Å². The van der Waals surface area contributed by atoms with Crippen molar-refractivity contribution >= 4 is 17.6 Å². The lowest BCUT2D eigenvalue weighted by Gasteiger charge is -2.07. The predicted molar refractivity (Wildman–Crippen MR) is 66.4 cm³/mol. The Balaban J connectivity index is 2.63. The summed E-state index contributed by atoms with van der Waals surface area (Å²) in [6, 6.07) is 8.47. The third-order valence-corrected chi connectivity index (χ3v) is 2.65. The Bertz CT molecular complexity index is 581. The van der Waals surface area contributed by atoms with Crippen molar-refractivity contribution in [1.82, 2.24) is 4.98 Å². The summed E-state index contributed by atoms with van der Waals surface area (Å²) in [5, 5.41) is 9.56. The summed E-state index contributed by atoms with van der Waals surface area (Å²) in [5.41, 5.74) is 2.51. The van der Waals surface area contributed by atoms with Crippen molar-refractivity contribution in [2.24, 2.45) is 0 Å². The van der Waals surface area contributed by atoms with Gasteiger partial charge in [0.1, 0.15) is 0 Å². The summed E-state index contributed by atoms with van der Waals surface area (Å²) >= 11 is 5.80. The van der Waals surface area contributed by atoms with Gasteiger partial charge in [0.2, 0.25) is 0 Å². The van der Waals surface area contributed by atoms with Gasteiger partial charge in [0, 0.05) is 16.9 Å². The van der Waals surface area contributed by atoms with Crippen LogP contribution in [0.1, 0.15) is 16.1 Å². The highest BCUT2D eigenvalue weighted by molar-refractivity contribution is 6.31. The lowest BCUT2D eigenvalue weighted by molar-refractivity contribution is 0.0697. The molecule has 2 rings (SSSR count). The lowest BCUT2D eigenvalue weighted by Crippen LogP contribution is -1.99. The van der Waals surface area contributed by atoms with E-state index in [9.17, 15) is 4.79 Å². The number of aromatic nitrogens is 1. The number of rotatable bonds is 2. The van der Waals surface area contributed by atoms with Gasteiger partial charge in [-0.2, -0.15) is 0 Å². The molecular formula is C13H10ClNO2. The number of aryl methyl sites for hydroxylation is 1. The fourth-order valence-corrected chi connectivity index (χ4v) is 1.83. The number of nitrogens with zero attached hydrogens (tertiary/aromatic N) is 1. The number of aromatic carboxylic acids is 1. The standard InChI is InChI=1S/C13H10ClNO2/c1-8-6-9(4-5-15-8)11-3-2-10(14)7-12(11)13(16)17/h2-7H,1H3,(H,16,17). The van der Waals surface area contributed by atoms with E-state index in [1.807, 2.05) is 13.0 Å². The molecule has 1 N–H and O–H groups in total. The Kier molecular flexibility index (Phi) is 3.11. The van der Waals surface area contributed by atoms with Crippen LogP contribution in [0.15, 0.2) is 36.5 Å². The van der Waals surface area contributed by atoms with Crippen molar-refractivity contribution in [2.75, 3.05) is 0 Å². The predicted octanol–water partition coefficient (Wildman–Crippen LogP) is 3.41. The van der Waals surface area contributed by atoms with Crippen LogP contribution in [0.2, 0.25) is 5.02 Å². The number of halogens is 1. The maximum absolute atomic E-state index is 11.2. The Labute approximate surface area is 104 Å². The van der Waals surface area contributed by atoms with Crippen LogP contribution in [0.25, 0.3) is 11.1 Å². The number of hydrogen-bond acceptors (Lipinski definition) is 2. The maximum atomic E-state index is 11.2. The first-order valence-electron chi connectivity index (χ1n) is 5.04. The zero-order valence-electron chi connectivity index (χ0n) is 9.14. The maximum Gasteiger partial charge on any atom is 0.336 e. The topological polar surface area (TPSA) is 50.2 Å². The van der Waals surface area contributed by atoms with Gasteiger partial charge < -0.3 is 5.11 Å². The molecule has 86 valence electrons. The monoisotopic (exact) mass is 247 g/mol. The molecule has 0 saturated heterocycles. The van der Waals surface area contributed by atoms with Crippen LogP contribution in [0.5, 0.6) is 0 Å². The molecule has 0 aliphatic rings. The van der Waals surface area contributed by atoms with E-state index in [0.29, 0.717) is 10.6 Å². The summed E-state index contributed by atoms with van der Waals surface area (Å²) < 4.78 is 0. The largest absolute Gasteiger partial charge is 0.478 e. The smallest absolute Gasteiger partial charge is 0.336 e. The van der Waals surface area contributed by atoms with Crippen LogP contribution in [0.3, 0.4) is 0 Å². The Morgan fingerprint density at radius 1 is 1.29 bits per heavy atom. The zero-order chi connectivity index (χ0) is 12.4. The first-order valence-corrected chi connectivity index (χ1v) is 5.41.